The molecule has 1 fully saturated rings. The normalized spacial score (nSPS) is 21.1. The van der Waals surface area contributed by atoms with Crippen molar-refractivity contribution in [2.45, 2.75) is 12.8 Å². The minimum absolute atomic E-state index is 0.280. The minimum atomic E-state index is -1.41. The van der Waals surface area contributed by atoms with E-state index in [1.165, 1.54) is 12.1 Å². The van der Waals surface area contributed by atoms with Crippen LogP contribution in [0.3, 0.4) is 0 Å². The van der Waals surface area contributed by atoms with Crippen molar-refractivity contribution >= 4 is 34.9 Å². The maximum absolute atomic E-state index is 12.2. The first kappa shape index (κ1) is 13.1. The summed E-state index contributed by atoms with van der Waals surface area (Å²) < 4.78 is 5.04. The van der Waals surface area contributed by atoms with Gasteiger partial charge in [0.15, 0.2) is 11.7 Å². The number of fused-ring (bicyclic) bond motifs is 1. The highest BCUT2D eigenvalue weighted by atomic mass is 35.5. The Morgan fingerprint density at radius 3 is 2.80 bits per heavy atom. The van der Waals surface area contributed by atoms with Crippen LogP contribution in [0.5, 0.6) is 0 Å². The molecule has 2 aliphatic rings. The fraction of sp³-hybridized carbons (Fsp3) is 0.357. The second-order valence-electron chi connectivity index (χ2n) is 5.05. The van der Waals surface area contributed by atoms with Gasteiger partial charge in [-0.2, -0.15) is 0 Å². The van der Waals surface area contributed by atoms with E-state index in [4.69, 9.17) is 16.3 Å². The fourth-order valence-electron chi connectivity index (χ4n) is 2.10. The Labute approximate surface area is 120 Å². The highest BCUT2D eigenvalue weighted by Crippen LogP contribution is 2.31. The zero-order valence-corrected chi connectivity index (χ0v) is 11.3. The molecule has 0 aromatic heterocycles. The molecule has 1 aromatic rings. The predicted octanol–water partition coefficient (Wildman–Crippen LogP) is 2.04. The lowest BCUT2D eigenvalue weighted by atomic mass is 9.92. The Balaban J connectivity index is 1.81. The first-order valence-electron chi connectivity index (χ1n) is 6.37. The van der Waals surface area contributed by atoms with Gasteiger partial charge in [-0.25, -0.2) is 0 Å². The molecule has 0 saturated heterocycles. The first-order chi connectivity index (χ1) is 9.56. The molecular formula is C14H12ClNO4. The zero-order chi connectivity index (χ0) is 14.3. The molecule has 0 bridgehead atoms. The van der Waals surface area contributed by atoms with E-state index in [1.54, 1.807) is 6.07 Å². The van der Waals surface area contributed by atoms with Crippen molar-refractivity contribution < 1.29 is 19.1 Å². The summed E-state index contributed by atoms with van der Waals surface area (Å²) >= 11 is 5.81. The van der Waals surface area contributed by atoms with Gasteiger partial charge < -0.3 is 10.1 Å². The van der Waals surface area contributed by atoms with Crippen LogP contribution in [0.15, 0.2) is 18.2 Å². The van der Waals surface area contributed by atoms with E-state index in [0.29, 0.717) is 16.6 Å². The van der Waals surface area contributed by atoms with Gasteiger partial charge in [-0.1, -0.05) is 11.6 Å². The number of esters is 1. The summed E-state index contributed by atoms with van der Waals surface area (Å²) in [5, 5.41) is 2.93. The Hall–Kier alpha value is -1.88. The third-order valence-electron chi connectivity index (χ3n) is 3.42. The van der Waals surface area contributed by atoms with Gasteiger partial charge in [-0.15, -0.1) is 0 Å². The standard InChI is InChI=1S/C14H12ClNO4/c15-8-3-4-9-10(5-8)16-13(18)11(12(9)17)14(19)20-6-7-1-2-7/h3-5,7,11H,1-2,6H2,(H,16,18). The maximum atomic E-state index is 12.2. The van der Waals surface area contributed by atoms with Crippen molar-refractivity contribution in [1.29, 1.82) is 0 Å². The smallest absolute Gasteiger partial charge is 0.326 e. The third kappa shape index (κ3) is 2.41. The van der Waals surface area contributed by atoms with Crippen LogP contribution in [-0.4, -0.2) is 24.3 Å². The van der Waals surface area contributed by atoms with E-state index in [1.807, 2.05) is 0 Å². The Morgan fingerprint density at radius 1 is 1.35 bits per heavy atom. The van der Waals surface area contributed by atoms with Crippen LogP contribution < -0.4 is 5.32 Å². The lowest BCUT2D eigenvalue weighted by Gasteiger charge is -2.22. The summed E-state index contributed by atoms with van der Waals surface area (Å²) in [7, 11) is 0. The molecular weight excluding hydrogens is 282 g/mol. The van der Waals surface area contributed by atoms with Gasteiger partial charge in [0.05, 0.1) is 12.3 Å². The van der Waals surface area contributed by atoms with Gasteiger partial charge >= 0.3 is 5.97 Å². The number of ketones is 1. The number of rotatable bonds is 3. The molecule has 1 atom stereocenters. The molecule has 1 aliphatic heterocycles. The van der Waals surface area contributed by atoms with Gasteiger partial charge in [-0.3, -0.25) is 14.4 Å². The largest absolute Gasteiger partial charge is 0.464 e. The van der Waals surface area contributed by atoms with Crippen molar-refractivity contribution in [3.63, 3.8) is 0 Å². The SMILES string of the molecule is O=C1Nc2cc(Cl)ccc2C(=O)C1C(=O)OCC1CC1. The van der Waals surface area contributed by atoms with E-state index in [0.717, 1.165) is 12.8 Å². The third-order valence-corrected chi connectivity index (χ3v) is 3.66. The molecule has 0 radical (unpaired) electrons. The van der Waals surface area contributed by atoms with Crippen LogP contribution in [0.4, 0.5) is 5.69 Å². The number of nitrogens with one attached hydrogen (secondary N) is 1. The molecule has 6 heteroatoms. The van der Waals surface area contributed by atoms with E-state index in [9.17, 15) is 14.4 Å². The zero-order valence-electron chi connectivity index (χ0n) is 10.5. The number of carbonyl (C=O) groups is 3. The van der Waals surface area contributed by atoms with Crippen LogP contribution in [-0.2, 0) is 14.3 Å². The molecule has 1 unspecified atom stereocenters. The monoisotopic (exact) mass is 293 g/mol. The van der Waals surface area contributed by atoms with Gasteiger partial charge in [0.2, 0.25) is 5.91 Å². The van der Waals surface area contributed by atoms with Crippen molar-refractivity contribution in [2.24, 2.45) is 11.8 Å². The Bertz CT molecular complexity index is 609. The number of ether oxygens (including phenoxy) is 1. The number of Topliss-reactive ketones (excluding diaryl/α,β-unsaturated/α-hetero) is 1. The van der Waals surface area contributed by atoms with Gasteiger partial charge in [0.1, 0.15) is 0 Å². The summed E-state index contributed by atoms with van der Waals surface area (Å²) in [6.45, 7) is 0.281. The van der Waals surface area contributed by atoms with Gasteiger partial charge in [0, 0.05) is 10.6 Å². The highest BCUT2D eigenvalue weighted by molar-refractivity contribution is 6.33. The van der Waals surface area contributed by atoms with Crippen molar-refractivity contribution in [1.82, 2.24) is 0 Å². The van der Waals surface area contributed by atoms with Crippen molar-refractivity contribution in [2.75, 3.05) is 11.9 Å². The number of hydrogen-bond acceptors (Lipinski definition) is 4. The molecule has 1 aromatic carbocycles. The molecule has 1 N–H and O–H groups in total. The van der Waals surface area contributed by atoms with E-state index < -0.39 is 23.6 Å². The average Bonchev–Trinajstić information content (AvgIpc) is 3.19. The van der Waals surface area contributed by atoms with Crippen molar-refractivity contribution in [3.05, 3.63) is 28.8 Å². The van der Waals surface area contributed by atoms with E-state index in [-0.39, 0.29) is 12.2 Å². The Morgan fingerprint density at radius 2 is 2.10 bits per heavy atom. The lowest BCUT2D eigenvalue weighted by molar-refractivity contribution is -0.149. The van der Waals surface area contributed by atoms with Gasteiger partial charge in [0.25, 0.3) is 0 Å². The summed E-state index contributed by atoms with van der Waals surface area (Å²) in [6, 6.07) is 4.53. The van der Waals surface area contributed by atoms with E-state index >= 15 is 0 Å². The lowest BCUT2D eigenvalue weighted by Crippen LogP contribution is -2.41. The summed E-state index contributed by atoms with van der Waals surface area (Å²) in [5.74, 6) is -3.01. The maximum Gasteiger partial charge on any atom is 0.326 e. The average molecular weight is 294 g/mol. The summed E-state index contributed by atoms with van der Waals surface area (Å²) in [6.07, 6.45) is 2.05. The molecule has 1 saturated carbocycles. The molecule has 1 amide bonds. The van der Waals surface area contributed by atoms with Crippen LogP contribution in [0.1, 0.15) is 23.2 Å². The van der Waals surface area contributed by atoms with E-state index in [2.05, 4.69) is 5.32 Å². The molecule has 1 aliphatic carbocycles. The summed E-state index contributed by atoms with van der Waals surface area (Å²) in [4.78, 5) is 36.0. The number of halogens is 1. The number of carbonyl (C=O) groups excluding carboxylic acids is 3. The molecule has 3 rings (SSSR count). The highest BCUT2D eigenvalue weighted by Gasteiger charge is 2.41. The second kappa shape index (κ2) is 4.90. The number of amides is 1. The van der Waals surface area contributed by atoms with Crippen LogP contribution in [0.2, 0.25) is 5.02 Å². The van der Waals surface area contributed by atoms with Gasteiger partial charge in [-0.05, 0) is 37.0 Å². The van der Waals surface area contributed by atoms with Crippen LogP contribution in [0, 0.1) is 11.8 Å². The predicted molar refractivity (Wildman–Crippen MR) is 71.6 cm³/mol. The molecule has 1 heterocycles. The number of anilines is 1. The molecule has 5 nitrogen and oxygen atoms in total. The number of benzene rings is 1. The first-order valence-corrected chi connectivity index (χ1v) is 6.75. The van der Waals surface area contributed by atoms with Crippen LogP contribution >= 0.6 is 11.6 Å². The molecule has 0 spiro atoms. The fourth-order valence-corrected chi connectivity index (χ4v) is 2.27. The quantitative estimate of drug-likeness (QED) is 0.684. The Kier molecular flexibility index (Phi) is 3.22. The molecule has 20 heavy (non-hydrogen) atoms. The van der Waals surface area contributed by atoms with Crippen LogP contribution in [0.25, 0.3) is 0 Å². The second-order valence-corrected chi connectivity index (χ2v) is 5.49. The summed E-state index contributed by atoms with van der Waals surface area (Å²) in [5.41, 5.74) is 0.612. The number of hydrogen-bond donors (Lipinski definition) is 1. The minimum Gasteiger partial charge on any atom is -0.464 e. The molecule has 104 valence electrons. The topological polar surface area (TPSA) is 72.5 Å². The van der Waals surface area contributed by atoms with Crippen molar-refractivity contribution in [3.8, 4) is 0 Å².